The molecule has 0 radical (unpaired) electrons. The summed E-state index contributed by atoms with van der Waals surface area (Å²) in [5, 5.41) is 12.8. The number of ether oxygens (including phenoxy) is 1. The Bertz CT molecular complexity index is 2970. The van der Waals surface area contributed by atoms with Crippen LogP contribution in [0.2, 0.25) is 20.1 Å². The molecule has 1 aliphatic heterocycles. The van der Waals surface area contributed by atoms with Gasteiger partial charge < -0.3 is 38.1 Å². The number of rotatable bonds is 9. The van der Waals surface area contributed by atoms with E-state index in [0.29, 0.717) is 85.1 Å². The molecule has 64 heavy (non-hydrogen) atoms. The molecule has 4 aromatic carbocycles. The molecule has 18 heteroatoms. The van der Waals surface area contributed by atoms with E-state index in [1.165, 1.54) is 0 Å². The number of hydrogen-bond donors (Lipinski definition) is 1. The fraction of sp³-hybridized carbons (Fsp3) is 0.304. The van der Waals surface area contributed by atoms with Gasteiger partial charge in [0.2, 0.25) is 0 Å². The quantitative estimate of drug-likeness (QED) is 0.0848. The van der Waals surface area contributed by atoms with Crippen molar-refractivity contribution in [2.45, 2.75) is 58.9 Å². The number of fused-ring (bicyclic) bond motifs is 4. The minimum Gasteiger partial charge on any atom is -0.480 e. The maximum Gasteiger partial charge on any atom is 0.486 e. The van der Waals surface area contributed by atoms with Gasteiger partial charge in [-0.2, -0.15) is 0 Å². The number of nitrogens with zero attached hydrogens (tertiary/aromatic N) is 4. The standard InChI is InChI=1S/C19H17BrCl2N2O3.C19H16Cl2N2O3.C8H15BO2/c1-4-27-16(25)9-24-15-8-12(20)14(22)7-11(15)19(26)10-5-6-13(21)18(17(10)24)23(2)3;1-4-10-7-15-12(8-14(10)21)19(26)11-5-6-13(20)18(22(2)3)17(11)23(15)9-16(24)25;1-6-9-10-7(2,3)8(4,5)11-9/h5-8H,4,9H2,1-3H3;4-8H,1,9H2,2-3H3,(H,24,25);6H,1H2,2-5H3. The maximum atomic E-state index is 13.1. The number of carboxylic acid groups (broad SMARTS) is 1. The summed E-state index contributed by atoms with van der Waals surface area (Å²) in [6, 6.07) is 13.2. The topological polar surface area (TPSA) is 133 Å². The molecule has 0 bridgehead atoms. The highest BCUT2D eigenvalue weighted by molar-refractivity contribution is 9.10. The number of aliphatic carboxylic acids is 1. The average Bonchev–Trinajstić information content (AvgIpc) is 3.43. The normalized spacial score (nSPS) is 13.9. The third kappa shape index (κ3) is 9.98. The molecule has 6 aromatic rings. The zero-order valence-corrected chi connectivity index (χ0v) is 41.5. The number of pyridine rings is 2. The van der Waals surface area contributed by atoms with Crippen molar-refractivity contribution in [1.82, 2.24) is 9.13 Å². The highest BCUT2D eigenvalue weighted by Crippen LogP contribution is 2.39. The number of benzene rings is 4. The van der Waals surface area contributed by atoms with E-state index in [1.807, 2.05) is 46.7 Å². The molecule has 2 aromatic heterocycles. The Labute approximate surface area is 399 Å². The van der Waals surface area contributed by atoms with Gasteiger partial charge in [0.1, 0.15) is 13.1 Å². The Morgan fingerprint density at radius 2 is 1.20 bits per heavy atom. The number of aromatic nitrogens is 2. The molecule has 12 nitrogen and oxygen atoms in total. The lowest BCUT2D eigenvalue weighted by Crippen LogP contribution is -2.41. The number of carbonyl (C=O) groups is 2. The lowest BCUT2D eigenvalue weighted by Gasteiger charge is -2.32. The van der Waals surface area contributed by atoms with Crippen molar-refractivity contribution in [1.29, 1.82) is 0 Å². The van der Waals surface area contributed by atoms with E-state index >= 15 is 0 Å². The van der Waals surface area contributed by atoms with Crippen molar-refractivity contribution in [3.8, 4) is 0 Å². The van der Waals surface area contributed by atoms with Crippen LogP contribution in [0.3, 0.4) is 0 Å². The first-order valence-electron chi connectivity index (χ1n) is 19.9. The van der Waals surface area contributed by atoms with Crippen LogP contribution in [0, 0.1) is 0 Å². The zero-order chi connectivity index (χ0) is 47.7. The molecule has 7 rings (SSSR count). The molecule has 0 spiro atoms. The number of carbonyl (C=O) groups excluding carboxylic acids is 1. The minimum atomic E-state index is -1.03. The molecule has 1 aliphatic rings. The molecule has 1 saturated heterocycles. The highest BCUT2D eigenvalue weighted by Gasteiger charge is 2.49. The van der Waals surface area contributed by atoms with Gasteiger partial charge in [0.25, 0.3) is 0 Å². The molecule has 0 aliphatic carbocycles. The Morgan fingerprint density at radius 1 is 0.750 bits per heavy atom. The summed E-state index contributed by atoms with van der Waals surface area (Å²) >= 11 is 28.6. The molecule has 0 atom stereocenters. The van der Waals surface area contributed by atoms with E-state index in [1.54, 1.807) is 95.6 Å². The van der Waals surface area contributed by atoms with Crippen LogP contribution in [0.15, 0.2) is 81.7 Å². The number of esters is 1. The van der Waals surface area contributed by atoms with Crippen LogP contribution in [0.25, 0.3) is 49.7 Å². The predicted molar refractivity (Wildman–Crippen MR) is 268 cm³/mol. The second-order valence-electron chi connectivity index (χ2n) is 16.1. The first kappa shape index (κ1) is 50.5. The summed E-state index contributed by atoms with van der Waals surface area (Å²) in [6.07, 6.45) is 1.56. The molecule has 338 valence electrons. The van der Waals surface area contributed by atoms with E-state index < -0.39 is 11.9 Å². The molecule has 1 N–H and O–H groups in total. The monoisotopic (exact) mass is 1010 g/mol. The van der Waals surface area contributed by atoms with E-state index in [9.17, 15) is 24.3 Å². The van der Waals surface area contributed by atoms with Gasteiger partial charge in [-0.05, 0) is 105 Å². The number of halogens is 5. The van der Waals surface area contributed by atoms with Crippen LogP contribution in [0.1, 0.15) is 40.2 Å². The molecule has 0 amide bonds. The van der Waals surface area contributed by atoms with Gasteiger partial charge in [0.15, 0.2) is 10.9 Å². The first-order chi connectivity index (χ1) is 29.9. The fourth-order valence-corrected chi connectivity index (χ4v) is 8.65. The molecular formula is C46H48BBrCl4N4O8. The van der Waals surface area contributed by atoms with Crippen molar-refractivity contribution < 1.29 is 28.7 Å². The average molecular weight is 1020 g/mol. The lowest BCUT2D eigenvalue weighted by atomic mass is 9.90. The van der Waals surface area contributed by atoms with Gasteiger partial charge in [-0.1, -0.05) is 65.0 Å². The first-order valence-corrected chi connectivity index (χ1v) is 22.2. The third-order valence-corrected chi connectivity index (χ3v) is 13.1. The highest BCUT2D eigenvalue weighted by atomic mass is 79.9. The second-order valence-corrected chi connectivity index (χ2v) is 18.6. The van der Waals surface area contributed by atoms with Crippen LogP contribution >= 0.6 is 62.3 Å². The zero-order valence-electron chi connectivity index (χ0n) is 36.9. The molecule has 0 saturated carbocycles. The van der Waals surface area contributed by atoms with Crippen molar-refractivity contribution in [2.75, 3.05) is 44.6 Å². The van der Waals surface area contributed by atoms with Crippen LogP contribution in [0.4, 0.5) is 11.4 Å². The van der Waals surface area contributed by atoms with Gasteiger partial charge >= 0.3 is 19.1 Å². The maximum absolute atomic E-state index is 13.1. The van der Waals surface area contributed by atoms with E-state index in [2.05, 4.69) is 29.1 Å². The van der Waals surface area contributed by atoms with E-state index in [4.69, 9.17) is 60.4 Å². The largest absolute Gasteiger partial charge is 0.486 e. The summed E-state index contributed by atoms with van der Waals surface area (Å²) in [5.41, 5.74) is 3.08. The van der Waals surface area contributed by atoms with Crippen LogP contribution in [-0.2, 0) is 36.7 Å². The SMILES string of the molecule is C=CB1OC(C)(C)C(C)(C)O1.C=Cc1cc2c(cc1Cl)c(=O)c1ccc(Cl)c(N(C)C)c1n2CC(=O)O.CCOC(=O)Cn1c2cc(Br)c(Cl)cc2c(=O)c2ccc(Cl)c(N(C)C)c21. The second kappa shape index (κ2) is 19.9. The molecule has 3 heterocycles. The van der Waals surface area contributed by atoms with Crippen molar-refractivity contribution in [2.24, 2.45) is 0 Å². The lowest BCUT2D eigenvalue weighted by molar-refractivity contribution is -0.143. The Hall–Kier alpha value is -4.54. The fourth-order valence-electron chi connectivity index (χ4n) is 7.27. The van der Waals surface area contributed by atoms with E-state index in [0.717, 1.165) is 0 Å². The summed E-state index contributed by atoms with van der Waals surface area (Å²) in [4.78, 5) is 53.6. The predicted octanol–water partition coefficient (Wildman–Crippen LogP) is 10.9. The number of hydrogen-bond acceptors (Lipinski definition) is 9. The van der Waals surface area contributed by atoms with Crippen molar-refractivity contribution >= 4 is 142 Å². The Kier molecular flexibility index (Phi) is 15.7. The Balaban J connectivity index is 0.000000196. The summed E-state index contributed by atoms with van der Waals surface area (Å²) in [5.74, 6) is 0.242. The van der Waals surface area contributed by atoms with Crippen molar-refractivity contribution in [3.63, 3.8) is 0 Å². The smallest absolute Gasteiger partial charge is 0.480 e. The summed E-state index contributed by atoms with van der Waals surface area (Å²) < 4.78 is 20.2. The van der Waals surface area contributed by atoms with Crippen LogP contribution in [0.5, 0.6) is 0 Å². The third-order valence-electron chi connectivity index (χ3n) is 10.9. The van der Waals surface area contributed by atoms with Gasteiger partial charge in [-0.15, -0.1) is 6.58 Å². The van der Waals surface area contributed by atoms with Crippen molar-refractivity contribution in [3.05, 3.63) is 118 Å². The molecule has 1 fully saturated rings. The summed E-state index contributed by atoms with van der Waals surface area (Å²) in [7, 11) is 7.00. The van der Waals surface area contributed by atoms with Gasteiger partial charge in [-0.3, -0.25) is 19.2 Å². The molecule has 0 unspecified atom stereocenters. The van der Waals surface area contributed by atoms with Gasteiger partial charge in [0.05, 0.1) is 66.3 Å². The van der Waals surface area contributed by atoms with Crippen LogP contribution < -0.4 is 20.7 Å². The van der Waals surface area contributed by atoms with E-state index in [-0.39, 0.29) is 48.9 Å². The van der Waals surface area contributed by atoms with Crippen LogP contribution in [-0.4, -0.2) is 79.3 Å². The van der Waals surface area contributed by atoms with Gasteiger partial charge in [-0.25, -0.2) is 0 Å². The number of anilines is 2. The van der Waals surface area contributed by atoms with Gasteiger partial charge in [0, 0.05) is 59.2 Å². The Morgan fingerprint density at radius 3 is 1.61 bits per heavy atom. The molecular weight excluding hydrogens is 969 g/mol. The minimum absolute atomic E-state index is 0.0592. The summed E-state index contributed by atoms with van der Waals surface area (Å²) in [6.45, 7) is 17.1. The number of carboxylic acids is 1.